The highest BCUT2D eigenvalue weighted by Crippen LogP contribution is 2.57. The van der Waals surface area contributed by atoms with Crippen LogP contribution in [0.15, 0.2) is 30.3 Å². The maximum absolute atomic E-state index is 13.5. The van der Waals surface area contributed by atoms with Crippen molar-refractivity contribution < 1.29 is 14.3 Å². The van der Waals surface area contributed by atoms with Crippen molar-refractivity contribution in [1.29, 1.82) is 0 Å². The van der Waals surface area contributed by atoms with Crippen LogP contribution in [0.25, 0.3) is 0 Å². The van der Waals surface area contributed by atoms with E-state index in [4.69, 9.17) is 4.74 Å². The molecule has 1 aromatic carbocycles. The van der Waals surface area contributed by atoms with E-state index >= 15 is 0 Å². The molecule has 0 radical (unpaired) electrons. The molecule has 2 spiro atoms. The number of hydrogen-bond acceptors (Lipinski definition) is 4. The molecule has 1 atom stereocenters. The summed E-state index contributed by atoms with van der Waals surface area (Å²) in [5, 5.41) is 0. The molecule has 0 aliphatic carbocycles. The van der Waals surface area contributed by atoms with Gasteiger partial charge in [-0.15, -0.1) is 0 Å². The SMILES string of the molecule is CCN1CCC2(CN(CCOC)CC23CCN(C(=O)CCc2ccccc2)CC3)C1=O. The number of hydrogen-bond donors (Lipinski definition) is 0. The van der Waals surface area contributed by atoms with Crippen molar-refractivity contribution in [2.24, 2.45) is 10.8 Å². The Balaban J connectivity index is 1.43. The van der Waals surface area contributed by atoms with Gasteiger partial charge in [0, 0.05) is 64.8 Å². The molecule has 2 amide bonds. The van der Waals surface area contributed by atoms with Gasteiger partial charge in [0.15, 0.2) is 0 Å². The minimum Gasteiger partial charge on any atom is -0.383 e. The Kier molecular flexibility index (Phi) is 6.68. The molecule has 6 heteroatoms. The van der Waals surface area contributed by atoms with Crippen LogP contribution >= 0.6 is 0 Å². The predicted molar refractivity (Wildman–Crippen MR) is 121 cm³/mol. The molecule has 1 aromatic rings. The Bertz CT molecular complexity index is 775. The third kappa shape index (κ3) is 4.12. The molecule has 0 aromatic heterocycles. The molecule has 0 bridgehead atoms. The highest BCUT2D eigenvalue weighted by Gasteiger charge is 2.64. The van der Waals surface area contributed by atoms with E-state index in [9.17, 15) is 9.59 Å². The summed E-state index contributed by atoms with van der Waals surface area (Å²) in [4.78, 5) is 32.9. The van der Waals surface area contributed by atoms with Crippen LogP contribution in [-0.2, 0) is 20.7 Å². The van der Waals surface area contributed by atoms with Gasteiger partial charge in [-0.3, -0.25) is 14.5 Å². The molecular weight excluding hydrogens is 390 g/mol. The van der Waals surface area contributed by atoms with Crippen molar-refractivity contribution in [3.8, 4) is 0 Å². The zero-order valence-electron chi connectivity index (χ0n) is 19.1. The van der Waals surface area contributed by atoms with Crippen LogP contribution in [0.2, 0.25) is 0 Å². The van der Waals surface area contributed by atoms with E-state index < -0.39 is 0 Å². The van der Waals surface area contributed by atoms with Crippen LogP contribution in [0.1, 0.15) is 38.2 Å². The second-order valence-corrected chi connectivity index (χ2v) is 9.57. The van der Waals surface area contributed by atoms with Gasteiger partial charge in [0.25, 0.3) is 0 Å². The fraction of sp³-hybridized carbons (Fsp3) is 0.680. The van der Waals surface area contributed by atoms with Gasteiger partial charge in [-0.1, -0.05) is 30.3 Å². The van der Waals surface area contributed by atoms with Crippen LogP contribution < -0.4 is 0 Å². The molecular formula is C25H37N3O3. The highest BCUT2D eigenvalue weighted by molar-refractivity contribution is 5.87. The number of aryl methyl sites for hydroxylation is 1. The molecule has 3 saturated heterocycles. The first-order valence-electron chi connectivity index (χ1n) is 11.9. The fourth-order valence-corrected chi connectivity index (χ4v) is 6.22. The van der Waals surface area contributed by atoms with Gasteiger partial charge in [-0.25, -0.2) is 0 Å². The summed E-state index contributed by atoms with van der Waals surface area (Å²) in [6.45, 7) is 8.64. The summed E-state index contributed by atoms with van der Waals surface area (Å²) in [5.74, 6) is 0.591. The van der Waals surface area contributed by atoms with E-state index in [1.807, 2.05) is 28.0 Å². The van der Waals surface area contributed by atoms with E-state index in [0.29, 0.717) is 18.9 Å². The van der Waals surface area contributed by atoms with E-state index in [1.54, 1.807) is 7.11 Å². The van der Waals surface area contributed by atoms with Crippen LogP contribution in [0.5, 0.6) is 0 Å². The largest absolute Gasteiger partial charge is 0.383 e. The lowest BCUT2D eigenvalue weighted by Crippen LogP contribution is -2.53. The Hall–Kier alpha value is -1.92. The number of fused-ring (bicyclic) bond motifs is 1. The van der Waals surface area contributed by atoms with Gasteiger partial charge in [0.1, 0.15) is 0 Å². The summed E-state index contributed by atoms with van der Waals surface area (Å²) in [5.41, 5.74) is 0.914. The van der Waals surface area contributed by atoms with Crippen LogP contribution in [0, 0.1) is 10.8 Å². The summed E-state index contributed by atoms with van der Waals surface area (Å²) < 4.78 is 5.32. The third-order valence-corrected chi connectivity index (χ3v) is 8.08. The highest BCUT2D eigenvalue weighted by atomic mass is 16.5. The Morgan fingerprint density at radius 1 is 1.06 bits per heavy atom. The lowest BCUT2D eigenvalue weighted by Gasteiger charge is -2.47. The summed E-state index contributed by atoms with van der Waals surface area (Å²) in [6.07, 6.45) is 4.16. The molecule has 0 saturated carbocycles. The van der Waals surface area contributed by atoms with Crippen molar-refractivity contribution in [3.05, 3.63) is 35.9 Å². The lowest BCUT2D eigenvalue weighted by molar-refractivity contribution is -0.144. The number of piperidine rings is 1. The number of rotatable bonds is 7. The molecule has 3 fully saturated rings. The topological polar surface area (TPSA) is 53.1 Å². The monoisotopic (exact) mass is 427 g/mol. The van der Waals surface area contributed by atoms with Gasteiger partial charge in [0.05, 0.1) is 12.0 Å². The first-order chi connectivity index (χ1) is 15.0. The maximum atomic E-state index is 13.5. The van der Waals surface area contributed by atoms with Gasteiger partial charge in [-0.05, 0) is 38.2 Å². The summed E-state index contributed by atoms with van der Waals surface area (Å²) >= 11 is 0. The van der Waals surface area contributed by atoms with Crippen molar-refractivity contribution >= 4 is 11.8 Å². The molecule has 0 N–H and O–H groups in total. The smallest absolute Gasteiger partial charge is 0.230 e. The minimum atomic E-state index is -0.282. The van der Waals surface area contributed by atoms with E-state index in [-0.39, 0.29) is 16.7 Å². The first kappa shape index (κ1) is 22.3. The number of amides is 2. The van der Waals surface area contributed by atoms with Crippen molar-refractivity contribution in [2.75, 3.05) is 59.5 Å². The molecule has 4 rings (SSSR count). The van der Waals surface area contributed by atoms with Gasteiger partial charge < -0.3 is 14.5 Å². The van der Waals surface area contributed by atoms with Crippen LogP contribution in [0.3, 0.4) is 0 Å². The molecule has 6 nitrogen and oxygen atoms in total. The number of likely N-dealkylation sites (tertiary alicyclic amines) is 3. The molecule has 1 unspecified atom stereocenters. The lowest BCUT2D eigenvalue weighted by atomic mass is 9.60. The van der Waals surface area contributed by atoms with E-state index in [1.165, 1.54) is 5.56 Å². The second-order valence-electron chi connectivity index (χ2n) is 9.57. The zero-order valence-corrected chi connectivity index (χ0v) is 19.1. The van der Waals surface area contributed by atoms with Crippen molar-refractivity contribution in [3.63, 3.8) is 0 Å². The number of nitrogens with zero attached hydrogens (tertiary/aromatic N) is 3. The minimum absolute atomic E-state index is 0.0159. The first-order valence-corrected chi connectivity index (χ1v) is 11.9. The normalized spacial score (nSPS) is 25.8. The average Bonchev–Trinajstić information content (AvgIpc) is 3.29. The van der Waals surface area contributed by atoms with Gasteiger partial charge in [0.2, 0.25) is 11.8 Å². The zero-order chi connectivity index (χ0) is 21.9. The molecule has 3 aliphatic rings. The quantitative estimate of drug-likeness (QED) is 0.671. The van der Waals surface area contributed by atoms with Crippen molar-refractivity contribution in [2.45, 2.75) is 39.0 Å². The number of ether oxygens (including phenoxy) is 1. The van der Waals surface area contributed by atoms with Crippen LogP contribution in [-0.4, -0.2) is 86.0 Å². The van der Waals surface area contributed by atoms with E-state index in [2.05, 4.69) is 24.0 Å². The summed E-state index contributed by atoms with van der Waals surface area (Å²) in [6, 6.07) is 10.2. The Morgan fingerprint density at radius 2 is 1.81 bits per heavy atom. The van der Waals surface area contributed by atoms with Gasteiger partial charge >= 0.3 is 0 Å². The average molecular weight is 428 g/mol. The standard InChI is InChI=1S/C25H37N3O3/c1-3-27-16-13-25(23(27)30)20-26(17-18-31-2)19-24(25)11-14-28(15-12-24)22(29)10-9-21-7-5-4-6-8-21/h4-8H,3,9-20H2,1-2H3. The second kappa shape index (κ2) is 9.29. The number of methoxy groups -OCH3 is 1. The Morgan fingerprint density at radius 3 is 2.45 bits per heavy atom. The molecule has 3 heterocycles. The molecule has 31 heavy (non-hydrogen) atoms. The number of carbonyl (C=O) groups excluding carboxylic acids is 2. The number of carbonyl (C=O) groups is 2. The van der Waals surface area contributed by atoms with Crippen LogP contribution in [0.4, 0.5) is 0 Å². The van der Waals surface area contributed by atoms with Gasteiger partial charge in [-0.2, -0.15) is 0 Å². The molecule has 170 valence electrons. The molecule has 3 aliphatic heterocycles. The maximum Gasteiger partial charge on any atom is 0.230 e. The summed E-state index contributed by atoms with van der Waals surface area (Å²) in [7, 11) is 1.74. The third-order valence-electron chi connectivity index (χ3n) is 8.08. The van der Waals surface area contributed by atoms with Crippen molar-refractivity contribution in [1.82, 2.24) is 14.7 Å². The number of benzene rings is 1. The fourth-order valence-electron chi connectivity index (χ4n) is 6.22. The van der Waals surface area contributed by atoms with E-state index in [0.717, 1.165) is 71.5 Å². The Labute approximate surface area is 186 Å². The predicted octanol–water partition coefficient (Wildman–Crippen LogP) is 2.43.